The Morgan fingerprint density at radius 1 is 1.24 bits per heavy atom. The van der Waals surface area contributed by atoms with Gasteiger partial charge in [-0.15, -0.1) is 0 Å². The Morgan fingerprint density at radius 2 is 2.03 bits per heavy atom. The zero-order chi connectivity index (χ0) is 20.5. The summed E-state index contributed by atoms with van der Waals surface area (Å²) in [5.74, 6) is -0.655. The molecule has 1 unspecified atom stereocenters. The number of benzene rings is 2. The van der Waals surface area contributed by atoms with E-state index in [9.17, 15) is 14.7 Å². The molecule has 3 aromatic rings. The van der Waals surface area contributed by atoms with Gasteiger partial charge in [-0.2, -0.15) is 5.10 Å². The van der Waals surface area contributed by atoms with Gasteiger partial charge in [0.05, 0.1) is 11.9 Å². The average Bonchev–Trinajstić information content (AvgIpc) is 2.74. The first kappa shape index (κ1) is 18.7. The molecule has 1 aliphatic carbocycles. The standard InChI is InChI=1S/C23H21N3O3/c1-14-7-8-16-12-17(10-9-15(16)11-14)18-5-3-4-6-19(18)26-13-20(27)22(28)21(25-26)23(29)24-2/h3-10,12-14,27H,11H2,1-2H3,(H,24,29). The van der Waals surface area contributed by atoms with Crippen LogP contribution in [0.4, 0.5) is 0 Å². The molecule has 0 fully saturated rings. The van der Waals surface area contributed by atoms with Crippen molar-refractivity contribution in [3.63, 3.8) is 0 Å². The van der Waals surface area contributed by atoms with Gasteiger partial charge in [0.1, 0.15) is 0 Å². The second kappa shape index (κ2) is 7.39. The van der Waals surface area contributed by atoms with Gasteiger partial charge in [0.2, 0.25) is 0 Å². The fourth-order valence-electron chi connectivity index (χ4n) is 3.57. The summed E-state index contributed by atoms with van der Waals surface area (Å²) in [6.45, 7) is 2.20. The van der Waals surface area contributed by atoms with E-state index in [-0.39, 0.29) is 5.69 Å². The Morgan fingerprint density at radius 3 is 2.83 bits per heavy atom. The smallest absolute Gasteiger partial charge is 0.275 e. The van der Waals surface area contributed by atoms with Gasteiger partial charge in [0.15, 0.2) is 11.4 Å². The Bertz CT molecular complexity index is 1190. The van der Waals surface area contributed by atoms with Crippen molar-refractivity contribution in [3.8, 4) is 22.6 Å². The summed E-state index contributed by atoms with van der Waals surface area (Å²) < 4.78 is 1.37. The van der Waals surface area contributed by atoms with Crippen LogP contribution >= 0.6 is 0 Å². The van der Waals surface area contributed by atoms with Gasteiger partial charge in [0.25, 0.3) is 11.3 Å². The summed E-state index contributed by atoms with van der Waals surface area (Å²) in [5.41, 5.74) is 3.84. The average molecular weight is 387 g/mol. The predicted octanol–water partition coefficient (Wildman–Crippen LogP) is 3.17. The van der Waals surface area contributed by atoms with Crippen LogP contribution in [-0.2, 0) is 6.42 Å². The molecule has 1 atom stereocenters. The van der Waals surface area contributed by atoms with Crippen molar-refractivity contribution >= 4 is 12.0 Å². The van der Waals surface area contributed by atoms with Crippen LogP contribution in [0, 0.1) is 5.92 Å². The molecule has 0 saturated carbocycles. The first-order chi connectivity index (χ1) is 14.0. The van der Waals surface area contributed by atoms with E-state index < -0.39 is 17.1 Å². The first-order valence-electron chi connectivity index (χ1n) is 9.44. The summed E-state index contributed by atoms with van der Waals surface area (Å²) in [7, 11) is 1.41. The van der Waals surface area contributed by atoms with E-state index in [0.29, 0.717) is 11.6 Å². The SMILES string of the molecule is CNC(=O)c1nn(-c2ccccc2-c2ccc3c(c2)C=CC(C)C3)cc(O)c1=O. The van der Waals surface area contributed by atoms with Gasteiger partial charge >= 0.3 is 0 Å². The molecule has 1 aromatic heterocycles. The number of carbonyl (C=O) groups is 1. The minimum absolute atomic E-state index is 0.357. The number of amides is 1. The maximum absolute atomic E-state index is 12.1. The lowest BCUT2D eigenvalue weighted by molar-refractivity contribution is 0.0954. The summed E-state index contributed by atoms with van der Waals surface area (Å²) in [6, 6.07) is 13.9. The third-order valence-corrected chi connectivity index (χ3v) is 5.10. The van der Waals surface area contributed by atoms with Crippen LogP contribution in [0.1, 0.15) is 28.5 Å². The van der Waals surface area contributed by atoms with E-state index in [2.05, 4.69) is 47.7 Å². The molecule has 2 N–H and O–H groups in total. The first-order valence-corrected chi connectivity index (χ1v) is 9.44. The van der Waals surface area contributed by atoms with Crippen molar-refractivity contribution in [2.45, 2.75) is 13.3 Å². The molecule has 1 amide bonds. The molecule has 1 heterocycles. The molecule has 1 aliphatic rings. The van der Waals surface area contributed by atoms with Crippen molar-refractivity contribution in [3.05, 3.63) is 81.8 Å². The minimum Gasteiger partial charge on any atom is -0.503 e. The van der Waals surface area contributed by atoms with Gasteiger partial charge in [-0.1, -0.05) is 49.4 Å². The number of rotatable bonds is 3. The minimum atomic E-state index is -0.800. The van der Waals surface area contributed by atoms with E-state index in [4.69, 9.17) is 0 Å². The second-order valence-electron chi connectivity index (χ2n) is 7.19. The van der Waals surface area contributed by atoms with Gasteiger partial charge < -0.3 is 10.4 Å². The molecule has 0 bridgehead atoms. The molecule has 29 heavy (non-hydrogen) atoms. The monoisotopic (exact) mass is 387 g/mol. The molecule has 0 saturated heterocycles. The Balaban J connectivity index is 1.86. The van der Waals surface area contributed by atoms with Crippen LogP contribution in [0.2, 0.25) is 0 Å². The van der Waals surface area contributed by atoms with Gasteiger partial charge in [-0.05, 0) is 41.2 Å². The van der Waals surface area contributed by atoms with Gasteiger partial charge in [-0.3, -0.25) is 9.59 Å². The summed E-state index contributed by atoms with van der Waals surface area (Å²) in [5, 5.41) is 16.6. The van der Waals surface area contributed by atoms with Gasteiger partial charge in [0, 0.05) is 12.6 Å². The molecule has 0 spiro atoms. The number of nitrogens with one attached hydrogen (secondary N) is 1. The number of aromatic nitrogens is 2. The number of nitrogens with zero attached hydrogens (tertiary/aromatic N) is 2. The lowest BCUT2D eigenvalue weighted by Gasteiger charge is -2.18. The molecule has 6 nitrogen and oxygen atoms in total. The zero-order valence-electron chi connectivity index (χ0n) is 16.2. The highest BCUT2D eigenvalue weighted by atomic mass is 16.3. The molecule has 2 aromatic carbocycles. The van der Waals surface area contributed by atoms with Crippen molar-refractivity contribution in [2.75, 3.05) is 7.05 Å². The number of carbonyl (C=O) groups excluding carboxylic acids is 1. The van der Waals surface area contributed by atoms with Crippen molar-refractivity contribution in [2.24, 2.45) is 5.92 Å². The predicted molar refractivity (Wildman–Crippen MR) is 112 cm³/mol. The van der Waals surface area contributed by atoms with Crippen molar-refractivity contribution in [1.29, 1.82) is 0 Å². The second-order valence-corrected chi connectivity index (χ2v) is 7.19. The highest BCUT2D eigenvalue weighted by Crippen LogP contribution is 2.31. The van der Waals surface area contributed by atoms with Crippen LogP contribution in [0.15, 0.2) is 59.5 Å². The molecular weight excluding hydrogens is 366 g/mol. The normalized spacial score (nSPS) is 15.0. The highest BCUT2D eigenvalue weighted by Gasteiger charge is 2.18. The summed E-state index contributed by atoms with van der Waals surface area (Å²) in [6.07, 6.45) is 6.59. The zero-order valence-corrected chi connectivity index (χ0v) is 16.2. The van der Waals surface area contributed by atoms with E-state index >= 15 is 0 Å². The van der Waals surface area contributed by atoms with Gasteiger partial charge in [-0.25, -0.2) is 4.68 Å². The van der Waals surface area contributed by atoms with Crippen molar-refractivity contribution < 1.29 is 9.90 Å². The maximum Gasteiger partial charge on any atom is 0.275 e. The van der Waals surface area contributed by atoms with E-state index in [1.807, 2.05) is 24.3 Å². The lowest BCUT2D eigenvalue weighted by atomic mass is 9.88. The number of allylic oxidation sites excluding steroid dienone is 1. The lowest BCUT2D eigenvalue weighted by Crippen LogP contribution is -2.29. The molecule has 0 radical (unpaired) electrons. The Kier molecular flexibility index (Phi) is 4.76. The summed E-state index contributed by atoms with van der Waals surface area (Å²) >= 11 is 0. The van der Waals surface area contributed by atoms with Crippen LogP contribution in [0.25, 0.3) is 22.9 Å². The molecular formula is C23H21N3O3. The third kappa shape index (κ3) is 3.45. The van der Waals surface area contributed by atoms with Crippen LogP contribution in [-0.4, -0.2) is 27.8 Å². The quantitative estimate of drug-likeness (QED) is 0.723. The molecule has 146 valence electrons. The Hall–Kier alpha value is -3.67. The van der Waals surface area contributed by atoms with Crippen LogP contribution in [0.3, 0.4) is 0 Å². The van der Waals surface area contributed by atoms with E-state index in [0.717, 1.165) is 17.5 Å². The molecule has 6 heteroatoms. The van der Waals surface area contributed by atoms with Crippen LogP contribution in [0.5, 0.6) is 5.75 Å². The largest absolute Gasteiger partial charge is 0.503 e. The fraction of sp³-hybridized carbons (Fsp3) is 0.174. The van der Waals surface area contributed by atoms with E-state index in [1.54, 1.807) is 0 Å². The topological polar surface area (TPSA) is 84.2 Å². The number of hydrogen-bond donors (Lipinski definition) is 2. The molecule has 0 aliphatic heterocycles. The number of hydrogen-bond acceptors (Lipinski definition) is 4. The van der Waals surface area contributed by atoms with E-state index in [1.165, 1.54) is 29.1 Å². The number of aromatic hydroxyl groups is 1. The highest BCUT2D eigenvalue weighted by molar-refractivity contribution is 5.92. The number of para-hydroxylation sites is 1. The number of fused-ring (bicyclic) bond motifs is 1. The van der Waals surface area contributed by atoms with Crippen LogP contribution < -0.4 is 10.7 Å². The fourth-order valence-corrected chi connectivity index (χ4v) is 3.57. The maximum atomic E-state index is 12.1. The molecule has 4 rings (SSSR count). The van der Waals surface area contributed by atoms with Crippen molar-refractivity contribution in [1.82, 2.24) is 15.1 Å². The summed E-state index contributed by atoms with van der Waals surface area (Å²) in [4.78, 5) is 24.1. The third-order valence-electron chi connectivity index (χ3n) is 5.10. The Labute approximate surface area is 168 Å².